The predicted octanol–water partition coefficient (Wildman–Crippen LogP) is 5.64. The number of hydrogen-bond acceptors (Lipinski definition) is 6. The Balaban J connectivity index is 1.61. The molecule has 174 valence electrons. The average molecular weight is 492 g/mol. The van der Waals surface area contributed by atoms with Crippen molar-refractivity contribution in [2.24, 2.45) is 0 Å². The minimum Gasteiger partial charge on any atom is -0.438 e. The number of carbonyl (C=O) groups is 1. The van der Waals surface area contributed by atoms with Gasteiger partial charge in [0.2, 0.25) is 5.88 Å². The van der Waals surface area contributed by atoms with Gasteiger partial charge >= 0.3 is 0 Å². The first-order valence-electron chi connectivity index (χ1n) is 11.5. The van der Waals surface area contributed by atoms with E-state index in [1.807, 2.05) is 44.2 Å². The third-order valence-electron chi connectivity index (χ3n) is 6.29. The van der Waals surface area contributed by atoms with Gasteiger partial charge in [-0.15, -0.1) is 0 Å². The smallest absolute Gasteiger partial charge is 0.269 e. The second kappa shape index (κ2) is 9.35. The lowest BCUT2D eigenvalue weighted by atomic mass is 9.94. The fourth-order valence-corrected chi connectivity index (χ4v) is 5.93. The Morgan fingerprint density at radius 1 is 1.12 bits per heavy atom. The lowest BCUT2D eigenvalue weighted by molar-refractivity contribution is -0.124. The standard InChI is InChI=1S/C26H25N3O3S2/c1-16-8-6-12-19(14-16)32-23-20(24(30)28-13-7-9-17(2)22(28)27-23)15-21-25(31)29(26(33)34-21)18-10-4-3-5-11-18/h6-9,12-15,18H,3-5,10-11H2,1-2H3/b21-15+. The summed E-state index contributed by atoms with van der Waals surface area (Å²) < 4.78 is 8.16. The lowest BCUT2D eigenvalue weighted by Crippen LogP contribution is -2.39. The Hall–Kier alpha value is -2.97. The number of aryl methyl sites for hydroxylation is 2. The zero-order chi connectivity index (χ0) is 23.8. The molecule has 0 radical (unpaired) electrons. The summed E-state index contributed by atoms with van der Waals surface area (Å²) in [6, 6.07) is 11.4. The highest BCUT2D eigenvalue weighted by atomic mass is 32.2. The van der Waals surface area contributed by atoms with Crippen molar-refractivity contribution >= 4 is 45.9 Å². The Morgan fingerprint density at radius 3 is 2.68 bits per heavy atom. The first kappa shape index (κ1) is 22.8. The highest BCUT2D eigenvalue weighted by Gasteiger charge is 2.38. The van der Waals surface area contributed by atoms with E-state index in [0.717, 1.165) is 36.8 Å². The molecule has 0 N–H and O–H groups in total. The van der Waals surface area contributed by atoms with Crippen LogP contribution in [0.25, 0.3) is 11.7 Å². The van der Waals surface area contributed by atoms with Crippen molar-refractivity contribution in [2.75, 3.05) is 0 Å². The normalized spacial score (nSPS) is 18.3. The highest BCUT2D eigenvalue weighted by molar-refractivity contribution is 8.26. The molecule has 0 spiro atoms. The molecule has 3 heterocycles. The van der Waals surface area contributed by atoms with E-state index < -0.39 is 0 Å². The van der Waals surface area contributed by atoms with Gasteiger partial charge in [-0.25, -0.2) is 0 Å². The Bertz CT molecular complexity index is 1390. The number of amides is 1. The molecule has 0 bridgehead atoms. The molecule has 0 unspecified atom stereocenters. The molecule has 1 aliphatic heterocycles. The molecule has 1 saturated carbocycles. The third-order valence-corrected chi connectivity index (χ3v) is 7.62. The Kier molecular flexibility index (Phi) is 6.27. The zero-order valence-electron chi connectivity index (χ0n) is 19.1. The minimum absolute atomic E-state index is 0.133. The van der Waals surface area contributed by atoms with Gasteiger partial charge in [-0.3, -0.25) is 18.9 Å². The molecule has 2 fully saturated rings. The van der Waals surface area contributed by atoms with Crippen molar-refractivity contribution in [3.05, 3.63) is 74.5 Å². The number of thiocarbonyl (C=S) groups is 1. The number of carbonyl (C=O) groups excluding carboxylic acids is 1. The van der Waals surface area contributed by atoms with Crippen LogP contribution in [0.2, 0.25) is 0 Å². The Morgan fingerprint density at radius 2 is 1.91 bits per heavy atom. The maximum Gasteiger partial charge on any atom is 0.269 e. The van der Waals surface area contributed by atoms with Gasteiger partial charge in [0.05, 0.1) is 4.91 Å². The van der Waals surface area contributed by atoms with E-state index in [9.17, 15) is 9.59 Å². The molecule has 1 aliphatic carbocycles. The fourth-order valence-electron chi connectivity index (χ4n) is 4.55. The zero-order valence-corrected chi connectivity index (χ0v) is 20.7. The van der Waals surface area contributed by atoms with Crippen LogP contribution in [-0.4, -0.2) is 30.6 Å². The van der Waals surface area contributed by atoms with E-state index in [0.29, 0.717) is 20.6 Å². The van der Waals surface area contributed by atoms with Crippen molar-refractivity contribution in [1.29, 1.82) is 0 Å². The molecule has 2 aromatic heterocycles. The third kappa shape index (κ3) is 4.28. The summed E-state index contributed by atoms with van der Waals surface area (Å²) in [4.78, 5) is 33.7. The van der Waals surface area contributed by atoms with Crippen LogP contribution in [0.1, 0.15) is 48.8 Å². The van der Waals surface area contributed by atoms with Crippen LogP contribution in [-0.2, 0) is 4.79 Å². The maximum atomic E-state index is 13.5. The van der Waals surface area contributed by atoms with Crippen molar-refractivity contribution in [1.82, 2.24) is 14.3 Å². The van der Waals surface area contributed by atoms with Crippen LogP contribution in [0, 0.1) is 13.8 Å². The molecule has 1 aromatic carbocycles. The molecule has 5 rings (SSSR count). The second-order valence-electron chi connectivity index (χ2n) is 8.78. The number of thioether (sulfide) groups is 1. The molecule has 34 heavy (non-hydrogen) atoms. The van der Waals surface area contributed by atoms with Crippen molar-refractivity contribution in [2.45, 2.75) is 52.0 Å². The van der Waals surface area contributed by atoms with Gasteiger partial charge in [-0.2, -0.15) is 4.98 Å². The molecule has 3 aromatic rings. The number of benzene rings is 1. The highest BCUT2D eigenvalue weighted by Crippen LogP contribution is 2.38. The van der Waals surface area contributed by atoms with Gasteiger partial charge < -0.3 is 4.74 Å². The van der Waals surface area contributed by atoms with Gasteiger partial charge in [-0.05, 0) is 62.1 Å². The minimum atomic E-state index is -0.292. The molecule has 8 heteroatoms. The van der Waals surface area contributed by atoms with Crippen LogP contribution in [0.3, 0.4) is 0 Å². The summed E-state index contributed by atoms with van der Waals surface area (Å²) in [6.45, 7) is 3.87. The van der Waals surface area contributed by atoms with Crippen molar-refractivity contribution < 1.29 is 9.53 Å². The Labute approximate surface area is 207 Å². The SMILES string of the molecule is Cc1cccc(Oc2nc3c(C)cccn3c(=O)c2/C=C2/SC(=S)N(C3CCCCC3)C2=O)c1. The summed E-state index contributed by atoms with van der Waals surface area (Å²) in [5.74, 6) is 0.610. The van der Waals surface area contributed by atoms with E-state index in [4.69, 9.17) is 17.0 Å². The van der Waals surface area contributed by atoms with Gasteiger partial charge in [0.15, 0.2) is 0 Å². The first-order chi connectivity index (χ1) is 16.4. The first-order valence-corrected chi connectivity index (χ1v) is 12.7. The van der Waals surface area contributed by atoms with E-state index >= 15 is 0 Å². The number of ether oxygens (including phenoxy) is 1. The molecule has 1 amide bonds. The van der Waals surface area contributed by atoms with Crippen LogP contribution in [0.5, 0.6) is 11.6 Å². The fraction of sp³-hybridized carbons (Fsp3) is 0.308. The van der Waals surface area contributed by atoms with Gasteiger partial charge in [0.1, 0.15) is 21.3 Å². The second-order valence-corrected chi connectivity index (χ2v) is 10.5. The largest absolute Gasteiger partial charge is 0.438 e. The number of rotatable bonds is 4. The number of pyridine rings is 1. The van der Waals surface area contributed by atoms with E-state index in [-0.39, 0.29) is 29.0 Å². The molecular weight excluding hydrogens is 466 g/mol. The number of nitrogens with zero attached hydrogens (tertiary/aromatic N) is 3. The maximum absolute atomic E-state index is 13.5. The van der Waals surface area contributed by atoms with E-state index in [1.54, 1.807) is 23.2 Å². The van der Waals surface area contributed by atoms with Crippen molar-refractivity contribution in [3.8, 4) is 11.6 Å². The van der Waals surface area contributed by atoms with E-state index in [1.165, 1.54) is 22.6 Å². The number of aromatic nitrogens is 2. The van der Waals surface area contributed by atoms with Crippen molar-refractivity contribution in [3.63, 3.8) is 0 Å². The lowest BCUT2D eigenvalue weighted by Gasteiger charge is -2.29. The summed E-state index contributed by atoms with van der Waals surface area (Å²) >= 11 is 6.81. The quantitative estimate of drug-likeness (QED) is 0.348. The van der Waals surface area contributed by atoms with Gasteiger partial charge in [-0.1, -0.05) is 61.4 Å². The number of hydrogen-bond donors (Lipinski definition) is 0. The predicted molar refractivity (Wildman–Crippen MR) is 139 cm³/mol. The molecule has 1 saturated heterocycles. The van der Waals surface area contributed by atoms with E-state index in [2.05, 4.69) is 4.98 Å². The topological polar surface area (TPSA) is 63.9 Å². The molecular formula is C26H25N3O3S2. The molecule has 2 aliphatic rings. The monoisotopic (exact) mass is 491 g/mol. The van der Waals surface area contributed by atoms with Crippen LogP contribution < -0.4 is 10.3 Å². The van der Waals surface area contributed by atoms with Gasteiger partial charge in [0, 0.05) is 12.2 Å². The summed E-state index contributed by atoms with van der Waals surface area (Å²) in [6.07, 6.45) is 8.59. The molecule has 6 nitrogen and oxygen atoms in total. The summed E-state index contributed by atoms with van der Waals surface area (Å²) in [5, 5.41) is 0. The average Bonchev–Trinajstić information content (AvgIpc) is 3.10. The number of fused-ring (bicyclic) bond motifs is 1. The van der Waals surface area contributed by atoms with Crippen LogP contribution >= 0.6 is 24.0 Å². The summed E-state index contributed by atoms with van der Waals surface area (Å²) in [5.41, 5.74) is 2.33. The molecule has 0 atom stereocenters. The van der Waals surface area contributed by atoms with Gasteiger partial charge in [0.25, 0.3) is 11.5 Å². The van der Waals surface area contributed by atoms with Crippen LogP contribution in [0.4, 0.5) is 0 Å². The summed E-state index contributed by atoms with van der Waals surface area (Å²) in [7, 11) is 0. The van der Waals surface area contributed by atoms with Crippen LogP contribution in [0.15, 0.2) is 52.3 Å².